The van der Waals surface area contributed by atoms with Gasteiger partial charge in [-0.15, -0.1) is 0 Å². The smallest absolute Gasteiger partial charge is 0.326 e. The molecule has 0 aliphatic carbocycles. The number of rotatable bonds is 6. The van der Waals surface area contributed by atoms with E-state index in [-0.39, 0.29) is 6.54 Å². The molecular formula is C11H19N3O6. The highest BCUT2D eigenvalue weighted by molar-refractivity contribution is 5.92. The first-order chi connectivity index (χ1) is 9.42. The molecule has 1 saturated heterocycles. The van der Waals surface area contributed by atoms with Crippen molar-refractivity contribution in [1.82, 2.24) is 10.2 Å². The molecule has 0 aromatic rings. The fourth-order valence-electron chi connectivity index (χ4n) is 2.03. The van der Waals surface area contributed by atoms with Crippen molar-refractivity contribution < 1.29 is 29.7 Å². The summed E-state index contributed by atoms with van der Waals surface area (Å²) in [4.78, 5) is 35.7. The van der Waals surface area contributed by atoms with Crippen molar-refractivity contribution in [2.45, 2.75) is 31.0 Å². The number of aliphatic carboxylic acids is 1. The van der Waals surface area contributed by atoms with Crippen LogP contribution in [-0.4, -0.2) is 75.9 Å². The number of aliphatic hydroxyl groups excluding tert-OH is 2. The van der Waals surface area contributed by atoms with Gasteiger partial charge in [0.2, 0.25) is 11.8 Å². The Morgan fingerprint density at radius 1 is 1.30 bits per heavy atom. The number of amides is 2. The van der Waals surface area contributed by atoms with E-state index in [1.165, 1.54) is 0 Å². The van der Waals surface area contributed by atoms with Crippen LogP contribution in [-0.2, 0) is 14.4 Å². The van der Waals surface area contributed by atoms with Gasteiger partial charge in [0.15, 0.2) is 0 Å². The van der Waals surface area contributed by atoms with Crippen LogP contribution in [0, 0.1) is 0 Å². The summed E-state index contributed by atoms with van der Waals surface area (Å²) >= 11 is 0. The fourth-order valence-corrected chi connectivity index (χ4v) is 2.03. The Bertz CT molecular complexity index is 388. The Morgan fingerprint density at radius 2 is 1.95 bits per heavy atom. The number of nitrogens with one attached hydrogen (secondary N) is 1. The molecule has 9 nitrogen and oxygen atoms in total. The molecule has 0 spiro atoms. The van der Waals surface area contributed by atoms with Crippen molar-refractivity contribution >= 4 is 17.8 Å². The lowest BCUT2D eigenvalue weighted by Crippen LogP contribution is -2.56. The predicted molar refractivity (Wildman–Crippen MR) is 66.4 cm³/mol. The largest absolute Gasteiger partial charge is 0.480 e. The van der Waals surface area contributed by atoms with Crippen LogP contribution < -0.4 is 11.1 Å². The van der Waals surface area contributed by atoms with Gasteiger partial charge in [-0.3, -0.25) is 9.59 Å². The maximum Gasteiger partial charge on any atom is 0.326 e. The van der Waals surface area contributed by atoms with Crippen LogP contribution in [0.1, 0.15) is 12.8 Å². The average molecular weight is 289 g/mol. The first kappa shape index (κ1) is 16.3. The zero-order valence-electron chi connectivity index (χ0n) is 10.9. The van der Waals surface area contributed by atoms with E-state index in [0.29, 0.717) is 12.8 Å². The molecule has 2 amide bonds. The molecule has 20 heavy (non-hydrogen) atoms. The lowest BCUT2D eigenvalue weighted by atomic mass is 10.2. The van der Waals surface area contributed by atoms with E-state index in [4.69, 9.17) is 15.9 Å². The maximum absolute atomic E-state index is 12.1. The van der Waals surface area contributed by atoms with Crippen LogP contribution in [0.3, 0.4) is 0 Å². The fraction of sp³-hybridized carbons (Fsp3) is 0.727. The highest BCUT2D eigenvalue weighted by Crippen LogP contribution is 2.18. The van der Waals surface area contributed by atoms with Gasteiger partial charge in [0.25, 0.3) is 0 Å². The summed E-state index contributed by atoms with van der Waals surface area (Å²) in [5.41, 5.74) is 5.29. The van der Waals surface area contributed by atoms with Gasteiger partial charge in [0.05, 0.1) is 13.2 Å². The Morgan fingerprint density at radius 3 is 2.45 bits per heavy atom. The minimum Gasteiger partial charge on any atom is -0.480 e. The third-order valence-corrected chi connectivity index (χ3v) is 3.15. The van der Waals surface area contributed by atoms with Crippen molar-refractivity contribution in [3.8, 4) is 0 Å². The summed E-state index contributed by atoms with van der Waals surface area (Å²) in [5.74, 6) is -2.58. The van der Waals surface area contributed by atoms with E-state index in [9.17, 15) is 19.5 Å². The number of hydrogen-bond acceptors (Lipinski definition) is 6. The molecule has 1 heterocycles. The molecule has 114 valence electrons. The zero-order chi connectivity index (χ0) is 15.3. The molecule has 6 N–H and O–H groups in total. The third kappa shape index (κ3) is 3.65. The number of carboxylic acids is 1. The lowest BCUT2D eigenvalue weighted by Gasteiger charge is -2.26. The second kappa shape index (κ2) is 7.17. The van der Waals surface area contributed by atoms with E-state index in [2.05, 4.69) is 5.32 Å². The van der Waals surface area contributed by atoms with Crippen LogP contribution in [0.5, 0.6) is 0 Å². The normalized spacial score (nSPS) is 21.4. The molecule has 0 bridgehead atoms. The van der Waals surface area contributed by atoms with E-state index in [1.54, 1.807) is 0 Å². The molecule has 0 saturated carbocycles. The molecule has 0 aromatic heterocycles. The molecule has 9 heteroatoms. The Kier molecular flexibility index (Phi) is 5.86. The van der Waals surface area contributed by atoms with Crippen LogP contribution in [0.4, 0.5) is 0 Å². The summed E-state index contributed by atoms with van der Waals surface area (Å²) in [6.45, 7) is -1.01. The van der Waals surface area contributed by atoms with Crippen LogP contribution in [0.2, 0.25) is 0 Å². The van der Waals surface area contributed by atoms with Gasteiger partial charge in [0.1, 0.15) is 18.1 Å². The second-order valence-electron chi connectivity index (χ2n) is 4.56. The summed E-state index contributed by atoms with van der Waals surface area (Å²) < 4.78 is 0. The monoisotopic (exact) mass is 289 g/mol. The predicted octanol–water partition coefficient (Wildman–Crippen LogP) is -3.14. The Balaban J connectivity index is 2.72. The third-order valence-electron chi connectivity index (χ3n) is 3.15. The molecule has 0 aromatic carbocycles. The van der Waals surface area contributed by atoms with E-state index in [1.807, 2.05) is 0 Å². The summed E-state index contributed by atoms with van der Waals surface area (Å²) in [5, 5.41) is 29.1. The Hall–Kier alpha value is -1.71. The molecule has 3 unspecified atom stereocenters. The quantitative estimate of drug-likeness (QED) is 0.346. The highest BCUT2D eigenvalue weighted by atomic mass is 16.4. The maximum atomic E-state index is 12.1. The van der Waals surface area contributed by atoms with E-state index in [0.717, 1.165) is 4.90 Å². The van der Waals surface area contributed by atoms with Crippen LogP contribution >= 0.6 is 0 Å². The van der Waals surface area contributed by atoms with Crippen molar-refractivity contribution in [3.63, 3.8) is 0 Å². The van der Waals surface area contributed by atoms with Crippen molar-refractivity contribution in [2.24, 2.45) is 5.73 Å². The van der Waals surface area contributed by atoms with Gasteiger partial charge >= 0.3 is 5.97 Å². The molecule has 3 atom stereocenters. The lowest BCUT2D eigenvalue weighted by molar-refractivity contribution is -0.149. The summed E-state index contributed by atoms with van der Waals surface area (Å²) in [6, 6.07) is -3.41. The van der Waals surface area contributed by atoms with Crippen molar-refractivity contribution in [2.75, 3.05) is 19.8 Å². The van der Waals surface area contributed by atoms with Crippen molar-refractivity contribution in [3.05, 3.63) is 0 Å². The number of carboxylic acid groups (broad SMARTS) is 1. The number of aliphatic hydroxyl groups is 2. The minimum absolute atomic E-state index is 0.258. The first-order valence-corrected chi connectivity index (χ1v) is 6.23. The van der Waals surface area contributed by atoms with E-state index < -0.39 is 49.1 Å². The number of carbonyl (C=O) groups excluding carboxylic acids is 2. The molecule has 0 radical (unpaired) electrons. The molecule has 1 aliphatic heterocycles. The topological polar surface area (TPSA) is 153 Å². The van der Waals surface area contributed by atoms with E-state index >= 15 is 0 Å². The minimum atomic E-state index is -1.26. The van der Waals surface area contributed by atoms with Gasteiger partial charge in [-0.25, -0.2) is 4.79 Å². The van der Waals surface area contributed by atoms with Gasteiger partial charge in [0, 0.05) is 6.54 Å². The number of likely N-dealkylation sites (tertiary alicyclic amines) is 1. The van der Waals surface area contributed by atoms with Gasteiger partial charge in [-0.05, 0) is 12.8 Å². The van der Waals surface area contributed by atoms with Crippen LogP contribution in [0.25, 0.3) is 0 Å². The van der Waals surface area contributed by atoms with Crippen molar-refractivity contribution in [1.29, 1.82) is 0 Å². The average Bonchev–Trinajstić information content (AvgIpc) is 2.92. The number of hydrogen-bond donors (Lipinski definition) is 5. The number of nitrogens with zero attached hydrogens (tertiary/aromatic N) is 1. The SMILES string of the molecule is NC(CO)C(=O)NC(CO)C(=O)N1CCCC1C(=O)O. The second-order valence-corrected chi connectivity index (χ2v) is 4.56. The zero-order valence-corrected chi connectivity index (χ0v) is 10.9. The van der Waals surface area contributed by atoms with Gasteiger partial charge < -0.3 is 31.3 Å². The Labute approximate surface area is 115 Å². The number of carbonyl (C=O) groups is 3. The number of nitrogens with two attached hydrogens (primary N) is 1. The van der Waals surface area contributed by atoms with Gasteiger partial charge in [-0.2, -0.15) is 0 Å². The summed E-state index contributed by atoms with van der Waals surface area (Å²) in [7, 11) is 0. The molecule has 1 rings (SSSR count). The van der Waals surface area contributed by atoms with Crippen LogP contribution in [0.15, 0.2) is 0 Å². The first-order valence-electron chi connectivity index (χ1n) is 6.23. The standard InChI is InChI=1S/C11H19N3O6/c12-6(4-15)9(17)13-7(5-16)10(18)14-3-1-2-8(14)11(19)20/h6-8,15-16H,1-5,12H2,(H,13,17)(H,19,20). The van der Waals surface area contributed by atoms with Gasteiger partial charge in [-0.1, -0.05) is 0 Å². The molecule has 1 fully saturated rings. The highest BCUT2D eigenvalue weighted by Gasteiger charge is 2.37. The molecule has 1 aliphatic rings. The summed E-state index contributed by atoms with van der Waals surface area (Å²) in [6.07, 6.45) is 0.883. The molecular weight excluding hydrogens is 270 g/mol.